The third-order valence-electron chi connectivity index (χ3n) is 5.10. The number of piperazine rings is 1. The number of imidazole rings is 1. The molecule has 1 saturated heterocycles. The Labute approximate surface area is 196 Å². The van der Waals surface area contributed by atoms with Gasteiger partial charge in [-0.05, 0) is 24.3 Å². The lowest BCUT2D eigenvalue weighted by Gasteiger charge is -2.35. The van der Waals surface area contributed by atoms with Crippen molar-refractivity contribution in [2.45, 2.75) is 11.3 Å². The summed E-state index contributed by atoms with van der Waals surface area (Å²) in [6.07, 6.45) is -0.476. The maximum absolute atomic E-state index is 13.5. The van der Waals surface area contributed by atoms with Gasteiger partial charge < -0.3 is 9.80 Å². The number of thioether (sulfide) groups is 1. The fourth-order valence-corrected chi connectivity index (χ4v) is 4.58. The van der Waals surface area contributed by atoms with Crippen molar-refractivity contribution < 1.29 is 22.4 Å². The van der Waals surface area contributed by atoms with Crippen LogP contribution in [0.1, 0.15) is 5.56 Å². The van der Waals surface area contributed by atoms with E-state index in [-0.39, 0.29) is 28.3 Å². The summed E-state index contributed by atoms with van der Waals surface area (Å²) < 4.78 is 53.7. The molecule has 0 atom stereocenters. The van der Waals surface area contributed by atoms with Gasteiger partial charge in [0.25, 0.3) is 0 Å². The number of aromatic nitrogens is 3. The van der Waals surface area contributed by atoms with E-state index in [9.17, 15) is 22.4 Å². The Kier molecular flexibility index (Phi) is 6.80. The molecule has 0 N–H and O–H groups in total. The van der Waals surface area contributed by atoms with E-state index in [0.717, 1.165) is 12.3 Å². The minimum atomic E-state index is -4.51. The number of amides is 1. The number of anilines is 1. The zero-order chi connectivity index (χ0) is 23.6. The highest BCUT2D eigenvalue weighted by Gasteiger charge is 2.32. The summed E-state index contributed by atoms with van der Waals surface area (Å²) in [5.74, 6) is -0.0528. The lowest BCUT2D eigenvalue weighted by atomic mass is 10.2. The molecule has 0 unspecified atom stereocenters. The number of carbonyl (C=O) groups excluding carboxylic acids is 1. The summed E-state index contributed by atoms with van der Waals surface area (Å²) in [5, 5.41) is 0.484. The molecule has 3 heterocycles. The van der Waals surface area contributed by atoms with Crippen LogP contribution in [0.2, 0.25) is 5.02 Å². The summed E-state index contributed by atoms with van der Waals surface area (Å²) in [4.78, 5) is 24.2. The molecule has 0 radical (unpaired) electrons. The standard InChI is InChI=1S/C21H18ClF4N5OS/c22-17-10-14(21(24,25)26)12-28-19(17)30-8-6-29(7-9-30)18(32)13-33-20-27-4-5-31(20)16-3-1-2-15(23)11-16/h1-5,10-12H,6-9,13H2. The second kappa shape index (κ2) is 9.60. The molecular formula is C21H18ClF4N5OS. The Hall–Kier alpha value is -2.79. The first kappa shape index (κ1) is 23.4. The number of hydrogen-bond acceptors (Lipinski definition) is 5. The predicted octanol–water partition coefficient (Wildman–Crippen LogP) is 4.52. The molecule has 3 aromatic rings. The monoisotopic (exact) mass is 499 g/mol. The second-order valence-electron chi connectivity index (χ2n) is 7.24. The lowest BCUT2D eigenvalue weighted by Crippen LogP contribution is -2.49. The van der Waals surface area contributed by atoms with Gasteiger partial charge in [0.2, 0.25) is 5.91 Å². The van der Waals surface area contributed by atoms with Crippen LogP contribution in [0.15, 0.2) is 54.1 Å². The van der Waals surface area contributed by atoms with Gasteiger partial charge in [0.1, 0.15) is 11.6 Å². The Morgan fingerprint density at radius 1 is 1.12 bits per heavy atom. The summed E-state index contributed by atoms with van der Waals surface area (Å²) in [6.45, 7) is 1.56. The number of alkyl halides is 3. The molecule has 0 saturated carbocycles. The van der Waals surface area contributed by atoms with Gasteiger partial charge in [-0.25, -0.2) is 14.4 Å². The van der Waals surface area contributed by atoms with Crippen LogP contribution >= 0.6 is 23.4 Å². The quantitative estimate of drug-likeness (QED) is 0.382. The summed E-state index contributed by atoms with van der Waals surface area (Å²) >= 11 is 7.27. The smallest absolute Gasteiger partial charge is 0.352 e. The van der Waals surface area contributed by atoms with Crippen molar-refractivity contribution in [3.05, 3.63) is 65.3 Å². The molecule has 4 rings (SSSR count). The maximum Gasteiger partial charge on any atom is 0.417 e. The molecule has 12 heteroatoms. The van der Waals surface area contributed by atoms with Crippen LogP contribution < -0.4 is 4.90 Å². The summed E-state index contributed by atoms with van der Waals surface area (Å²) in [5.41, 5.74) is -0.296. The molecule has 0 spiro atoms. The molecule has 1 aromatic carbocycles. The number of hydrogen-bond donors (Lipinski definition) is 0. The molecule has 2 aromatic heterocycles. The van der Waals surface area contributed by atoms with Crippen LogP contribution in [0.5, 0.6) is 0 Å². The number of nitrogens with zero attached hydrogens (tertiary/aromatic N) is 5. The first-order chi connectivity index (χ1) is 15.7. The zero-order valence-electron chi connectivity index (χ0n) is 17.1. The number of halogens is 5. The van der Waals surface area contributed by atoms with E-state index >= 15 is 0 Å². The number of carbonyl (C=O) groups is 1. The van der Waals surface area contributed by atoms with Crippen molar-refractivity contribution in [3.8, 4) is 5.69 Å². The highest BCUT2D eigenvalue weighted by Crippen LogP contribution is 2.33. The van der Waals surface area contributed by atoms with E-state index in [4.69, 9.17) is 11.6 Å². The molecule has 1 fully saturated rings. The van der Waals surface area contributed by atoms with Crippen LogP contribution in [-0.4, -0.2) is 57.3 Å². The van der Waals surface area contributed by atoms with Gasteiger partial charge in [-0.3, -0.25) is 9.36 Å². The average molecular weight is 500 g/mol. The molecular weight excluding hydrogens is 482 g/mol. The van der Waals surface area contributed by atoms with Crippen LogP contribution in [0, 0.1) is 5.82 Å². The minimum Gasteiger partial charge on any atom is -0.352 e. The van der Waals surface area contributed by atoms with Gasteiger partial charge in [0, 0.05) is 44.8 Å². The first-order valence-electron chi connectivity index (χ1n) is 9.90. The summed E-state index contributed by atoms with van der Waals surface area (Å²) in [7, 11) is 0. The van der Waals surface area contributed by atoms with Crippen LogP contribution in [-0.2, 0) is 11.0 Å². The van der Waals surface area contributed by atoms with E-state index in [1.54, 1.807) is 38.9 Å². The lowest BCUT2D eigenvalue weighted by molar-refractivity contribution is -0.137. The van der Waals surface area contributed by atoms with Crippen molar-refractivity contribution in [2.75, 3.05) is 36.8 Å². The van der Waals surface area contributed by atoms with Gasteiger partial charge in [-0.1, -0.05) is 29.4 Å². The van der Waals surface area contributed by atoms with Gasteiger partial charge in [0.15, 0.2) is 5.16 Å². The molecule has 0 bridgehead atoms. The number of benzene rings is 1. The maximum atomic E-state index is 13.5. The fourth-order valence-electron chi connectivity index (χ4n) is 3.42. The predicted molar refractivity (Wildman–Crippen MR) is 117 cm³/mol. The van der Waals surface area contributed by atoms with E-state index in [2.05, 4.69) is 9.97 Å². The number of rotatable bonds is 5. The zero-order valence-corrected chi connectivity index (χ0v) is 18.7. The van der Waals surface area contributed by atoms with Gasteiger partial charge in [0.05, 0.1) is 22.0 Å². The largest absolute Gasteiger partial charge is 0.417 e. The van der Waals surface area contributed by atoms with E-state index < -0.39 is 11.7 Å². The van der Waals surface area contributed by atoms with Crippen LogP contribution in [0.3, 0.4) is 0 Å². The third kappa shape index (κ3) is 5.41. The van der Waals surface area contributed by atoms with Crippen LogP contribution in [0.25, 0.3) is 5.69 Å². The first-order valence-corrected chi connectivity index (χ1v) is 11.3. The summed E-state index contributed by atoms with van der Waals surface area (Å²) in [6, 6.07) is 6.94. The van der Waals surface area contributed by atoms with Crippen molar-refractivity contribution >= 4 is 35.1 Å². The van der Waals surface area contributed by atoms with Crippen molar-refractivity contribution in [2.24, 2.45) is 0 Å². The third-order valence-corrected chi connectivity index (χ3v) is 6.33. The second-order valence-corrected chi connectivity index (χ2v) is 8.59. The van der Waals surface area contributed by atoms with Crippen molar-refractivity contribution in [1.82, 2.24) is 19.4 Å². The molecule has 6 nitrogen and oxygen atoms in total. The molecule has 174 valence electrons. The van der Waals surface area contributed by atoms with E-state index in [1.165, 1.54) is 23.9 Å². The highest BCUT2D eigenvalue weighted by atomic mass is 35.5. The minimum absolute atomic E-state index is 0.0793. The molecule has 1 amide bonds. The molecule has 1 aliphatic rings. The average Bonchev–Trinajstić information content (AvgIpc) is 3.26. The highest BCUT2D eigenvalue weighted by molar-refractivity contribution is 7.99. The molecule has 33 heavy (non-hydrogen) atoms. The fraction of sp³-hybridized carbons (Fsp3) is 0.286. The topological polar surface area (TPSA) is 54.3 Å². The Bertz CT molecular complexity index is 1150. The Balaban J connectivity index is 1.33. The SMILES string of the molecule is O=C(CSc1nccn1-c1cccc(F)c1)N1CCN(c2ncc(C(F)(F)F)cc2Cl)CC1. The molecule has 0 aliphatic carbocycles. The van der Waals surface area contributed by atoms with E-state index in [0.29, 0.717) is 37.0 Å². The van der Waals surface area contributed by atoms with Crippen molar-refractivity contribution in [1.29, 1.82) is 0 Å². The van der Waals surface area contributed by atoms with E-state index in [1.807, 2.05) is 0 Å². The molecule has 1 aliphatic heterocycles. The Morgan fingerprint density at radius 2 is 1.88 bits per heavy atom. The normalized spacial score (nSPS) is 14.6. The van der Waals surface area contributed by atoms with Crippen LogP contribution in [0.4, 0.5) is 23.4 Å². The number of pyridine rings is 1. The Morgan fingerprint density at radius 3 is 2.55 bits per heavy atom. The van der Waals surface area contributed by atoms with Gasteiger partial charge in [-0.15, -0.1) is 0 Å². The van der Waals surface area contributed by atoms with Gasteiger partial charge in [-0.2, -0.15) is 13.2 Å². The van der Waals surface area contributed by atoms with Crippen molar-refractivity contribution in [3.63, 3.8) is 0 Å². The van der Waals surface area contributed by atoms with Gasteiger partial charge >= 0.3 is 6.18 Å².